The molecule has 1 aliphatic rings. The highest BCUT2D eigenvalue weighted by molar-refractivity contribution is 7.15. The first-order valence-electron chi connectivity index (χ1n) is 8.31. The first-order chi connectivity index (χ1) is 13.1. The van der Waals surface area contributed by atoms with Gasteiger partial charge in [0.1, 0.15) is 11.6 Å². The summed E-state index contributed by atoms with van der Waals surface area (Å²) >= 11 is 1.30. The molecule has 152 valence electrons. The Balaban J connectivity index is 0.00000114. The summed E-state index contributed by atoms with van der Waals surface area (Å²) in [6, 6.07) is 0. The van der Waals surface area contributed by atoms with Crippen molar-refractivity contribution < 1.29 is 34.1 Å². The third kappa shape index (κ3) is 7.95. The number of amides is 2. The van der Waals surface area contributed by atoms with Gasteiger partial charge in [0.05, 0.1) is 25.7 Å². The van der Waals surface area contributed by atoms with Gasteiger partial charge in [0, 0.05) is 26.1 Å². The van der Waals surface area contributed by atoms with E-state index >= 15 is 0 Å². The van der Waals surface area contributed by atoms with Gasteiger partial charge < -0.3 is 25.0 Å². The number of rotatable bonds is 10. The second kappa shape index (κ2) is 13.1. The van der Waals surface area contributed by atoms with Crippen LogP contribution in [0.2, 0.25) is 0 Å². The number of aliphatic hydroxyl groups excluding tert-OH is 1. The monoisotopic (exact) mass is 404 g/mol. The van der Waals surface area contributed by atoms with Crippen molar-refractivity contribution in [2.45, 2.75) is 20.0 Å². The van der Waals surface area contributed by atoms with Gasteiger partial charge in [-0.1, -0.05) is 11.3 Å². The average Bonchev–Trinajstić information content (AvgIpc) is 3.26. The molecule has 11 nitrogen and oxygen atoms in total. The molecule has 1 aliphatic heterocycles. The van der Waals surface area contributed by atoms with Crippen molar-refractivity contribution in [2.75, 3.05) is 44.4 Å². The summed E-state index contributed by atoms with van der Waals surface area (Å²) in [4.78, 5) is 34.1. The van der Waals surface area contributed by atoms with Crippen LogP contribution in [0.1, 0.15) is 18.4 Å². The van der Waals surface area contributed by atoms with Crippen LogP contribution in [0.25, 0.3) is 0 Å². The lowest BCUT2D eigenvalue weighted by Gasteiger charge is -2.12. The van der Waals surface area contributed by atoms with Crippen LogP contribution < -0.4 is 10.2 Å². The predicted molar refractivity (Wildman–Crippen MR) is 95.3 cm³/mol. The molecule has 2 amide bonds. The number of hydrogen-bond donors (Lipinski definition) is 3. The number of aromatic nitrogens is 2. The Morgan fingerprint density at radius 1 is 1.41 bits per heavy atom. The van der Waals surface area contributed by atoms with Gasteiger partial charge in [0.25, 0.3) is 6.47 Å². The lowest BCUT2D eigenvalue weighted by molar-refractivity contribution is -0.126. The molecule has 0 aromatic carbocycles. The van der Waals surface area contributed by atoms with Crippen molar-refractivity contribution in [1.29, 1.82) is 0 Å². The van der Waals surface area contributed by atoms with Crippen LogP contribution in [0.5, 0.6) is 0 Å². The lowest BCUT2D eigenvalue weighted by atomic mass is 10.1. The number of nitrogens with zero attached hydrogens (tertiary/aromatic N) is 3. The summed E-state index contributed by atoms with van der Waals surface area (Å²) < 4.78 is 10.3. The second-order valence-electron chi connectivity index (χ2n) is 5.25. The quantitative estimate of drug-likeness (QED) is 0.338. The third-order valence-electron chi connectivity index (χ3n) is 3.39. The fourth-order valence-electron chi connectivity index (χ4n) is 2.23. The summed E-state index contributed by atoms with van der Waals surface area (Å²) in [6.07, 6.45) is 0.156. The highest BCUT2D eigenvalue weighted by Crippen LogP contribution is 2.28. The van der Waals surface area contributed by atoms with E-state index in [4.69, 9.17) is 24.5 Å². The predicted octanol–water partition coefficient (Wildman–Crippen LogP) is -0.747. The van der Waals surface area contributed by atoms with E-state index in [-0.39, 0.29) is 37.9 Å². The largest absolute Gasteiger partial charge is 0.483 e. The third-order valence-corrected chi connectivity index (χ3v) is 4.31. The SMILES string of the molecule is CCOCc1nnc(N2CC(C(=O)NCCOCCO)CC2=O)s1.O=CO. The number of carboxylic acid groups (broad SMARTS) is 1. The summed E-state index contributed by atoms with van der Waals surface area (Å²) in [5.74, 6) is -0.724. The highest BCUT2D eigenvalue weighted by Gasteiger charge is 2.36. The molecule has 1 saturated heterocycles. The van der Waals surface area contributed by atoms with Crippen molar-refractivity contribution in [3.8, 4) is 0 Å². The van der Waals surface area contributed by atoms with Crippen molar-refractivity contribution in [2.24, 2.45) is 5.92 Å². The fourth-order valence-corrected chi connectivity index (χ4v) is 3.03. The van der Waals surface area contributed by atoms with Crippen molar-refractivity contribution in [1.82, 2.24) is 15.5 Å². The first-order valence-corrected chi connectivity index (χ1v) is 9.13. The Hall–Kier alpha value is -2.15. The minimum absolute atomic E-state index is 0.0484. The number of nitrogens with one attached hydrogen (secondary N) is 1. The van der Waals surface area contributed by atoms with E-state index in [1.165, 1.54) is 16.2 Å². The standard InChI is InChI=1S/C14H22N4O5S.CH2O2/c1-2-22-9-11-16-17-14(24-11)18-8-10(7-12(18)20)13(21)15-3-5-23-6-4-19;2-1-3/h10,19H,2-9H2,1H3,(H,15,21);1H,(H,2,3). The highest BCUT2D eigenvalue weighted by atomic mass is 32.1. The van der Waals surface area contributed by atoms with Gasteiger partial charge in [-0.3, -0.25) is 19.3 Å². The first kappa shape index (κ1) is 22.9. The number of hydrogen-bond acceptors (Lipinski definition) is 9. The van der Waals surface area contributed by atoms with Crippen LogP contribution in [0.3, 0.4) is 0 Å². The van der Waals surface area contributed by atoms with Gasteiger partial charge in [-0.2, -0.15) is 0 Å². The zero-order chi connectivity index (χ0) is 20.1. The van der Waals surface area contributed by atoms with Crippen molar-refractivity contribution in [3.05, 3.63) is 5.01 Å². The smallest absolute Gasteiger partial charge is 0.290 e. The summed E-state index contributed by atoms with van der Waals surface area (Å²) in [5, 5.41) is 27.4. The van der Waals surface area contributed by atoms with Gasteiger partial charge in [-0.25, -0.2) is 0 Å². The Morgan fingerprint density at radius 3 is 2.81 bits per heavy atom. The fraction of sp³-hybridized carbons (Fsp3) is 0.667. The molecular weight excluding hydrogens is 380 g/mol. The summed E-state index contributed by atoms with van der Waals surface area (Å²) in [6.45, 7) is 3.76. The van der Waals surface area contributed by atoms with E-state index in [1.54, 1.807) is 0 Å². The molecule has 1 unspecified atom stereocenters. The molecule has 0 radical (unpaired) electrons. The summed E-state index contributed by atoms with van der Waals surface area (Å²) in [5.41, 5.74) is 0. The van der Waals surface area contributed by atoms with E-state index in [0.717, 1.165) is 0 Å². The Morgan fingerprint density at radius 2 is 2.15 bits per heavy atom. The maximum Gasteiger partial charge on any atom is 0.290 e. The molecule has 1 aromatic heterocycles. The minimum atomic E-state index is -0.408. The van der Waals surface area contributed by atoms with Crippen LogP contribution in [-0.2, 0) is 30.5 Å². The maximum absolute atomic E-state index is 12.1. The van der Waals surface area contributed by atoms with E-state index in [2.05, 4.69) is 15.5 Å². The molecule has 2 rings (SSSR count). The number of anilines is 1. The Labute approximate surface area is 160 Å². The van der Waals surface area contributed by atoms with Crippen LogP contribution in [0, 0.1) is 5.92 Å². The van der Waals surface area contributed by atoms with Gasteiger partial charge >= 0.3 is 0 Å². The molecule has 0 bridgehead atoms. The zero-order valence-corrected chi connectivity index (χ0v) is 15.8. The van der Waals surface area contributed by atoms with Crippen LogP contribution >= 0.6 is 11.3 Å². The van der Waals surface area contributed by atoms with Gasteiger partial charge in [-0.15, -0.1) is 10.2 Å². The second-order valence-corrected chi connectivity index (χ2v) is 6.29. The lowest BCUT2D eigenvalue weighted by Crippen LogP contribution is -2.35. The molecule has 1 atom stereocenters. The Kier molecular flexibility index (Phi) is 11.1. The molecule has 12 heteroatoms. The molecule has 0 aliphatic carbocycles. The van der Waals surface area contributed by atoms with Crippen LogP contribution in [0.4, 0.5) is 5.13 Å². The topological polar surface area (TPSA) is 151 Å². The van der Waals surface area contributed by atoms with E-state index in [9.17, 15) is 9.59 Å². The van der Waals surface area contributed by atoms with E-state index < -0.39 is 5.92 Å². The van der Waals surface area contributed by atoms with Gasteiger partial charge in [-0.05, 0) is 6.92 Å². The molecule has 0 saturated carbocycles. The minimum Gasteiger partial charge on any atom is -0.483 e. The zero-order valence-electron chi connectivity index (χ0n) is 15.0. The number of aliphatic hydroxyl groups is 1. The molecule has 1 aromatic rings. The number of carbonyl (C=O) groups excluding carboxylic acids is 2. The number of ether oxygens (including phenoxy) is 2. The molecular formula is C15H24N4O7S. The average molecular weight is 404 g/mol. The van der Waals surface area contributed by atoms with Crippen molar-refractivity contribution in [3.63, 3.8) is 0 Å². The summed E-state index contributed by atoms with van der Waals surface area (Å²) in [7, 11) is 0. The maximum atomic E-state index is 12.1. The van der Waals surface area contributed by atoms with Crippen LogP contribution in [0.15, 0.2) is 0 Å². The van der Waals surface area contributed by atoms with E-state index in [0.29, 0.717) is 43.0 Å². The molecule has 0 spiro atoms. The molecule has 1 fully saturated rings. The Bertz CT molecular complexity index is 598. The normalized spacial score (nSPS) is 16.0. The van der Waals surface area contributed by atoms with Crippen molar-refractivity contribution >= 4 is 34.8 Å². The van der Waals surface area contributed by atoms with E-state index in [1.807, 2.05) is 6.92 Å². The van der Waals surface area contributed by atoms with Gasteiger partial charge in [0.2, 0.25) is 16.9 Å². The van der Waals surface area contributed by atoms with Gasteiger partial charge in [0.15, 0.2) is 0 Å². The molecule has 3 N–H and O–H groups in total. The molecule has 27 heavy (non-hydrogen) atoms. The number of carbonyl (C=O) groups is 3. The van der Waals surface area contributed by atoms with Crippen LogP contribution in [-0.4, -0.2) is 78.2 Å². The molecule has 2 heterocycles.